The molecular weight excluding hydrogens is 308 g/mol. The molecule has 1 amide bonds. The van der Waals surface area contributed by atoms with Crippen molar-refractivity contribution < 1.29 is 4.79 Å². The van der Waals surface area contributed by atoms with Gasteiger partial charge in [-0.3, -0.25) is 9.36 Å². The summed E-state index contributed by atoms with van der Waals surface area (Å²) in [6.45, 7) is 6.17. The van der Waals surface area contributed by atoms with Gasteiger partial charge in [0, 0.05) is 33.9 Å². The lowest BCUT2D eigenvalue weighted by Gasteiger charge is -2.14. The number of aryl methyl sites for hydroxylation is 2. The molecule has 0 radical (unpaired) electrons. The fraction of sp³-hybridized carbons (Fsp3) is 0.235. The lowest BCUT2D eigenvalue weighted by molar-refractivity contribution is 0.0939. The first-order chi connectivity index (χ1) is 11.0. The van der Waals surface area contributed by atoms with Gasteiger partial charge in [-0.2, -0.15) is 0 Å². The van der Waals surface area contributed by atoms with Crippen LogP contribution in [0, 0.1) is 13.8 Å². The standard InChI is InChI=1S/C17H18N4OS/c1-11-8-15(13(3)23-11)12(2)20-17(22)14-4-5-19-16(9-14)21-7-6-18-10-21/h4-10,12H,1-3H3,(H,20,22). The SMILES string of the molecule is Cc1cc(C(C)NC(=O)c2ccnc(-n3ccnc3)c2)c(C)s1. The van der Waals surface area contributed by atoms with Gasteiger partial charge in [0.2, 0.25) is 0 Å². The maximum atomic E-state index is 12.5. The molecule has 0 aliphatic heterocycles. The molecule has 3 aromatic rings. The predicted octanol–water partition coefficient (Wildman–Crippen LogP) is 3.44. The van der Waals surface area contributed by atoms with Crippen LogP contribution in [0.25, 0.3) is 5.82 Å². The molecule has 5 nitrogen and oxygen atoms in total. The molecule has 0 saturated heterocycles. The van der Waals surface area contributed by atoms with E-state index in [1.165, 1.54) is 15.3 Å². The van der Waals surface area contributed by atoms with E-state index in [0.29, 0.717) is 11.4 Å². The summed E-state index contributed by atoms with van der Waals surface area (Å²) in [5, 5.41) is 3.05. The maximum Gasteiger partial charge on any atom is 0.251 e. The molecule has 0 aliphatic carbocycles. The van der Waals surface area contributed by atoms with Crippen molar-refractivity contribution >= 4 is 17.2 Å². The number of amides is 1. The van der Waals surface area contributed by atoms with Gasteiger partial charge in [-0.05, 0) is 44.5 Å². The number of pyridine rings is 1. The van der Waals surface area contributed by atoms with Crippen molar-refractivity contribution in [2.24, 2.45) is 0 Å². The number of hydrogen-bond donors (Lipinski definition) is 1. The van der Waals surface area contributed by atoms with Crippen molar-refractivity contribution in [3.05, 3.63) is 64.0 Å². The Morgan fingerprint density at radius 3 is 2.78 bits per heavy atom. The topological polar surface area (TPSA) is 59.8 Å². The number of rotatable bonds is 4. The number of imidazole rings is 1. The van der Waals surface area contributed by atoms with Crippen LogP contribution in [0.5, 0.6) is 0 Å². The van der Waals surface area contributed by atoms with Crippen LogP contribution in [-0.2, 0) is 0 Å². The molecule has 0 spiro atoms. The van der Waals surface area contributed by atoms with Crippen molar-refractivity contribution in [3.8, 4) is 5.82 Å². The third-order valence-electron chi connectivity index (χ3n) is 3.67. The number of nitrogens with zero attached hydrogens (tertiary/aromatic N) is 3. The Hall–Kier alpha value is -2.47. The van der Waals surface area contributed by atoms with E-state index in [0.717, 1.165) is 0 Å². The molecule has 118 valence electrons. The van der Waals surface area contributed by atoms with Gasteiger partial charge in [-0.25, -0.2) is 9.97 Å². The number of carbonyl (C=O) groups is 1. The minimum Gasteiger partial charge on any atom is -0.345 e. The van der Waals surface area contributed by atoms with E-state index in [9.17, 15) is 4.79 Å². The third-order valence-corrected chi connectivity index (χ3v) is 4.65. The Balaban J connectivity index is 1.78. The van der Waals surface area contributed by atoms with E-state index in [1.807, 2.05) is 6.92 Å². The third kappa shape index (κ3) is 3.32. The van der Waals surface area contributed by atoms with Gasteiger partial charge in [0.05, 0.1) is 6.04 Å². The highest BCUT2D eigenvalue weighted by Crippen LogP contribution is 2.26. The van der Waals surface area contributed by atoms with Crippen LogP contribution in [-0.4, -0.2) is 20.4 Å². The number of hydrogen-bond acceptors (Lipinski definition) is 4. The quantitative estimate of drug-likeness (QED) is 0.799. The highest BCUT2D eigenvalue weighted by Gasteiger charge is 2.15. The van der Waals surface area contributed by atoms with Gasteiger partial charge in [-0.1, -0.05) is 0 Å². The molecule has 6 heteroatoms. The van der Waals surface area contributed by atoms with E-state index >= 15 is 0 Å². The number of nitrogens with one attached hydrogen (secondary N) is 1. The summed E-state index contributed by atoms with van der Waals surface area (Å²) in [6.07, 6.45) is 6.77. The normalized spacial score (nSPS) is 12.1. The Morgan fingerprint density at radius 2 is 2.13 bits per heavy atom. The first-order valence-corrected chi connectivity index (χ1v) is 8.18. The molecule has 3 rings (SSSR count). The van der Waals surface area contributed by atoms with Crippen LogP contribution in [0.1, 0.15) is 38.6 Å². The molecule has 0 fully saturated rings. The van der Waals surface area contributed by atoms with Crippen LogP contribution in [0.4, 0.5) is 0 Å². The average Bonchev–Trinajstić information content (AvgIpc) is 3.17. The Bertz CT molecular complexity index is 823. The number of thiophene rings is 1. The molecule has 3 heterocycles. The van der Waals surface area contributed by atoms with Crippen LogP contribution in [0.15, 0.2) is 43.1 Å². The zero-order valence-corrected chi connectivity index (χ0v) is 14.1. The average molecular weight is 326 g/mol. The molecule has 1 N–H and O–H groups in total. The van der Waals surface area contributed by atoms with E-state index in [2.05, 4.69) is 35.2 Å². The van der Waals surface area contributed by atoms with Crippen molar-refractivity contribution in [2.45, 2.75) is 26.8 Å². The molecule has 0 aliphatic rings. The van der Waals surface area contributed by atoms with Gasteiger partial charge < -0.3 is 5.32 Å². The first-order valence-electron chi connectivity index (χ1n) is 7.37. The second-order valence-electron chi connectivity index (χ2n) is 5.44. The zero-order valence-electron chi connectivity index (χ0n) is 13.3. The van der Waals surface area contributed by atoms with Crippen LogP contribution in [0.3, 0.4) is 0 Å². The molecule has 23 heavy (non-hydrogen) atoms. The fourth-order valence-electron chi connectivity index (χ4n) is 2.53. The van der Waals surface area contributed by atoms with Crippen molar-refractivity contribution in [3.63, 3.8) is 0 Å². The molecule has 0 saturated carbocycles. The van der Waals surface area contributed by atoms with Crippen molar-refractivity contribution in [1.82, 2.24) is 19.9 Å². The minimum atomic E-state index is -0.107. The summed E-state index contributed by atoms with van der Waals surface area (Å²) in [5.41, 5.74) is 1.75. The Morgan fingerprint density at radius 1 is 1.30 bits per heavy atom. The maximum absolute atomic E-state index is 12.5. The smallest absolute Gasteiger partial charge is 0.251 e. The monoisotopic (exact) mass is 326 g/mol. The minimum absolute atomic E-state index is 0.0303. The van der Waals surface area contributed by atoms with Gasteiger partial charge in [0.15, 0.2) is 0 Å². The fourth-order valence-corrected chi connectivity index (χ4v) is 3.56. The first kappa shape index (κ1) is 15.4. The Kier molecular flexibility index (Phi) is 4.25. The molecular formula is C17H18N4OS. The summed E-state index contributed by atoms with van der Waals surface area (Å²) in [5.74, 6) is 0.565. The summed E-state index contributed by atoms with van der Waals surface area (Å²) < 4.78 is 1.77. The summed E-state index contributed by atoms with van der Waals surface area (Å²) in [4.78, 5) is 23.3. The summed E-state index contributed by atoms with van der Waals surface area (Å²) in [6, 6.07) is 5.58. The van der Waals surface area contributed by atoms with E-state index in [-0.39, 0.29) is 11.9 Å². The van der Waals surface area contributed by atoms with Crippen LogP contribution >= 0.6 is 11.3 Å². The number of aromatic nitrogens is 3. The molecule has 3 aromatic heterocycles. The molecule has 1 unspecified atom stereocenters. The number of carbonyl (C=O) groups excluding carboxylic acids is 1. The van der Waals surface area contributed by atoms with E-state index in [1.54, 1.807) is 53.0 Å². The predicted molar refractivity (Wildman–Crippen MR) is 91.0 cm³/mol. The van der Waals surface area contributed by atoms with Gasteiger partial charge in [0.1, 0.15) is 12.1 Å². The lowest BCUT2D eigenvalue weighted by Crippen LogP contribution is -2.26. The van der Waals surface area contributed by atoms with Crippen LogP contribution in [0.2, 0.25) is 0 Å². The van der Waals surface area contributed by atoms with Crippen LogP contribution < -0.4 is 5.32 Å². The molecule has 0 aromatic carbocycles. The summed E-state index contributed by atoms with van der Waals surface area (Å²) >= 11 is 1.75. The van der Waals surface area contributed by atoms with Gasteiger partial charge in [0.25, 0.3) is 5.91 Å². The molecule has 1 atom stereocenters. The van der Waals surface area contributed by atoms with Gasteiger partial charge in [-0.15, -0.1) is 11.3 Å². The Labute approximate surface area is 139 Å². The summed E-state index contributed by atoms with van der Waals surface area (Å²) in [7, 11) is 0. The van der Waals surface area contributed by atoms with Crippen molar-refractivity contribution in [1.29, 1.82) is 0 Å². The van der Waals surface area contributed by atoms with E-state index in [4.69, 9.17) is 0 Å². The van der Waals surface area contributed by atoms with Gasteiger partial charge >= 0.3 is 0 Å². The molecule has 0 bridgehead atoms. The lowest BCUT2D eigenvalue weighted by atomic mass is 10.1. The highest BCUT2D eigenvalue weighted by molar-refractivity contribution is 7.12. The van der Waals surface area contributed by atoms with E-state index < -0.39 is 0 Å². The second-order valence-corrected chi connectivity index (χ2v) is 6.90. The van der Waals surface area contributed by atoms with Crippen molar-refractivity contribution in [2.75, 3.05) is 0 Å². The zero-order chi connectivity index (χ0) is 16.4. The largest absolute Gasteiger partial charge is 0.345 e. The second kappa shape index (κ2) is 6.34. The highest BCUT2D eigenvalue weighted by atomic mass is 32.1.